The fourth-order valence-electron chi connectivity index (χ4n) is 1.45. The normalized spacial score (nSPS) is 11.3. The largest absolute Gasteiger partial charge is 0.373 e. The van der Waals surface area contributed by atoms with E-state index in [-0.39, 0.29) is 0 Å². The monoisotopic (exact) mass is 275 g/mol. The zero-order valence-corrected chi connectivity index (χ0v) is 11.1. The van der Waals surface area contributed by atoms with Crippen LogP contribution in [0.1, 0.15) is 44.9 Å². The lowest BCUT2D eigenvalue weighted by atomic mass is 10.3. The summed E-state index contributed by atoms with van der Waals surface area (Å²) < 4.78 is 7.59. The number of hydrogen-bond donors (Lipinski definition) is 0. The molecule has 0 aliphatic rings. The minimum Gasteiger partial charge on any atom is -0.373 e. The first kappa shape index (κ1) is 12.6. The van der Waals surface area contributed by atoms with Crippen molar-refractivity contribution < 1.29 is 4.74 Å². The number of hydrogen-bond acceptors (Lipinski definition) is 3. The van der Waals surface area contributed by atoms with Gasteiger partial charge in [0.05, 0.1) is 5.33 Å². The molecule has 0 aliphatic carbocycles. The molecular formula is C10H18BrN3O. The van der Waals surface area contributed by atoms with Crippen molar-refractivity contribution in [2.75, 3.05) is 6.61 Å². The molecule has 0 aliphatic heterocycles. The van der Waals surface area contributed by atoms with Gasteiger partial charge in [0, 0.05) is 12.6 Å². The molecule has 1 heterocycles. The van der Waals surface area contributed by atoms with E-state index in [1.54, 1.807) is 0 Å². The second kappa shape index (κ2) is 6.23. The van der Waals surface area contributed by atoms with E-state index in [0.29, 0.717) is 12.6 Å². The number of nitrogens with zero attached hydrogens (tertiary/aromatic N) is 3. The lowest BCUT2D eigenvalue weighted by Gasteiger charge is -2.12. The Bertz CT molecular complexity index is 299. The van der Waals surface area contributed by atoms with Crippen LogP contribution in [0.25, 0.3) is 0 Å². The van der Waals surface area contributed by atoms with Gasteiger partial charge in [0.2, 0.25) is 0 Å². The van der Waals surface area contributed by atoms with Gasteiger partial charge < -0.3 is 9.30 Å². The highest BCUT2D eigenvalue weighted by Gasteiger charge is 2.13. The molecule has 0 saturated carbocycles. The van der Waals surface area contributed by atoms with Crippen molar-refractivity contribution in [3.63, 3.8) is 0 Å². The highest BCUT2D eigenvalue weighted by atomic mass is 79.9. The zero-order valence-electron chi connectivity index (χ0n) is 9.53. The molecule has 1 aromatic heterocycles. The third kappa shape index (κ3) is 3.28. The Morgan fingerprint density at radius 1 is 1.33 bits per heavy atom. The second-order valence-electron chi connectivity index (χ2n) is 3.68. The van der Waals surface area contributed by atoms with Crippen LogP contribution in [0.15, 0.2) is 0 Å². The van der Waals surface area contributed by atoms with E-state index in [0.717, 1.165) is 30.0 Å². The van der Waals surface area contributed by atoms with Crippen molar-refractivity contribution in [2.24, 2.45) is 0 Å². The third-order valence-electron chi connectivity index (χ3n) is 2.05. The Kier molecular flexibility index (Phi) is 5.25. The lowest BCUT2D eigenvalue weighted by Crippen LogP contribution is -2.10. The maximum atomic E-state index is 5.48. The Hall–Kier alpha value is -0.420. The summed E-state index contributed by atoms with van der Waals surface area (Å²) >= 11 is 3.41. The van der Waals surface area contributed by atoms with E-state index in [1.165, 1.54) is 0 Å². The van der Waals surface area contributed by atoms with Crippen LogP contribution < -0.4 is 0 Å². The molecule has 4 nitrogen and oxygen atoms in total. The van der Waals surface area contributed by atoms with Crippen molar-refractivity contribution >= 4 is 15.9 Å². The van der Waals surface area contributed by atoms with Crippen molar-refractivity contribution in [3.8, 4) is 0 Å². The maximum absolute atomic E-state index is 5.48. The van der Waals surface area contributed by atoms with E-state index in [1.807, 2.05) is 0 Å². The van der Waals surface area contributed by atoms with Gasteiger partial charge in [-0.1, -0.05) is 22.9 Å². The van der Waals surface area contributed by atoms with Gasteiger partial charge in [0.1, 0.15) is 12.4 Å². The molecule has 0 radical (unpaired) electrons. The molecular weight excluding hydrogens is 258 g/mol. The van der Waals surface area contributed by atoms with Gasteiger partial charge in [-0.15, -0.1) is 10.2 Å². The first-order valence-corrected chi connectivity index (χ1v) is 6.39. The third-order valence-corrected chi connectivity index (χ3v) is 2.55. The summed E-state index contributed by atoms with van der Waals surface area (Å²) in [5, 5.41) is 8.99. The summed E-state index contributed by atoms with van der Waals surface area (Å²) in [5.74, 6) is 1.87. The Morgan fingerprint density at radius 2 is 2.00 bits per heavy atom. The summed E-state index contributed by atoms with van der Waals surface area (Å²) in [7, 11) is 0. The summed E-state index contributed by atoms with van der Waals surface area (Å²) in [6, 6.07) is 0.368. The van der Waals surface area contributed by atoms with Gasteiger partial charge >= 0.3 is 0 Å². The number of halogens is 1. The predicted octanol–water partition coefficient (Wildman–Crippen LogP) is 2.68. The van der Waals surface area contributed by atoms with Crippen LogP contribution >= 0.6 is 15.9 Å². The van der Waals surface area contributed by atoms with Gasteiger partial charge in [-0.05, 0) is 20.3 Å². The molecule has 0 atom stereocenters. The van der Waals surface area contributed by atoms with Crippen molar-refractivity contribution in [1.29, 1.82) is 0 Å². The van der Waals surface area contributed by atoms with Gasteiger partial charge in [-0.25, -0.2) is 0 Å². The maximum Gasteiger partial charge on any atom is 0.159 e. The highest BCUT2D eigenvalue weighted by Crippen LogP contribution is 2.14. The number of alkyl halides is 1. The van der Waals surface area contributed by atoms with Crippen LogP contribution in [0.4, 0.5) is 0 Å². The summed E-state index contributed by atoms with van der Waals surface area (Å²) in [5.41, 5.74) is 0. The van der Waals surface area contributed by atoms with E-state index in [2.05, 4.69) is 51.5 Å². The molecule has 0 fully saturated rings. The van der Waals surface area contributed by atoms with Crippen LogP contribution in [-0.4, -0.2) is 21.4 Å². The topological polar surface area (TPSA) is 39.9 Å². The van der Waals surface area contributed by atoms with Gasteiger partial charge in [-0.2, -0.15) is 0 Å². The Labute approximate surface area is 99.2 Å². The van der Waals surface area contributed by atoms with Crippen LogP contribution in [0.2, 0.25) is 0 Å². The molecule has 0 spiro atoms. The molecule has 86 valence electrons. The van der Waals surface area contributed by atoms with Crippen molar-refractivity contribution in [2.45, 2.75) is 45.2 Å². The number of ether oxygens (including phenoxy) is 1. The van der Waals surface area contributed by atoms with Gasteiger partial charge in [0.25, 0.3) is 0 Å². The van der Waals surface area contributed by atoms with E-state index in [4.69, 9.17) is 4.74 Å². The molecule has 15 heavy (non-hydrogen) atoms. The predicted molar refractivity (Wildman–Crippen MR) is 63.0 cm³/mol. The SMILES string of the molecule is CCCOCc1nnc(CBr)n1C(C)C. The number of rotatable bonds is 6. The minimum absolute atomic E-state index is 0.368. The van der Waals surface area contributed by atoms with Gasteiger partial charge in [-0.3, -0.25) is 0 Å². The molecule has 0 bridgehead atoms. The molecule has 0 amide bonds. The van der Waals surface area contributed by atoms with E-state index >= 15 is 0 Å². The lowest BCUT2D eigenvalue weighted by molar-refractivity contribution is 0.112. The van der Waals surface area contributed by atoms with Crippen molar-refractivity contribution in [3.05, 3.63) is 11.6 Å². The van der Waals surface area contributed by atoms with E-state index < -0.39 is 0 Å². The van der Waals surface area contributed by atoms with E-state index in [9.17, 15) is 0 Å². The van der Waals surface area contributed by atoms with Gasteiger partial charge in [0.15, 0.2) is 5.82 Å². The molecule has 1 aromatic rings. The molecule has 0 aromatic carbocycles. The Morgan fingerprint density at radius 3 is 2.53 bits per heavy atom. The standard InChI is InChI=1S/C10H18BrN3O/c1-4-5-15-7-10-13-12-9(6-11)14(10)8(2)3/h8H,4-7H2,1-3H3. The first-order chi connectivity index (χ1) is 7.20. The average molecular weight is 276 g/mol. The average Bonchev–Trinajstić information content (AvgIpc) is 2.61. The summed E-state index contributed by atoms with van der Waals surface area (Å²) in [6.45, 7) is 7.66. The molecule has 1 rings (SSSR count). The minimum atomic E-state index is 0.368. The van der Waals surface area contributed by atoms with Crippen LogP contribution in [0.3, 0.4) is 0 Å². The second-order valence-corrected chi connectivity index (χ2v) is 4.24. The molecule has 5 heteroatoms. The zero-order chi connectivity index (χ0) is 11.3. The summed E-state index contributed by atoms with van der Waals surface area (Å²) in [6.07, 6.45) is 1.03. The number of aromatic nitrogens is 3. The van der Waals surface area contributed by atoms with Crippen LogP contribution in [0.5, 0.6) is 0 Å². The van der Waals surface area contributed by atoms with Crippen molar-refractivity contribution in [1.82, 2.24) is 14.8 Å². The van der Waals surface area contributed by atoms with Crippen LogP contribution in [0, 0.1) is 0 Å². The summed E-state index contributed by atoms with van der Waals surface area (Å²) in [4.78, 5) is 0. The highest BCUT2D eigenvalue weighted by molar-refractivity contribution is 9.08. The van der Waals surface area contributed by atoms with Crippen LogP contribution in [-0.2, 0) is 16.7 Å². The molecule has 0 saturated heterocycles. The smallest absolute Gasteiger partial charge is 0.159 e. The first-order valence-electron chi connectivity index (χ1n) is 5.27. The molecule has 0 N–H and O–H groups in total. The Balaban J connectivity index is 2.73. The fourth-order valence-corrected chi connectivity index (χ4v) is 1.84. The quantitative estimate of drug-likeness (QED) is 0.592. The fraction of sp³-hybridized carbons (Fsp3) is 0.800. The molecule has 0 unspecified atom stereocenters.